The Balaban J connectivity index is 2.17. The third-order valence-electron chi connectivity index (χ3n) is 2.90. The minimum atomic E-state index is -0.396. The van der Waals surface area contributed by atoms with Crippen molar-refractivity contribution in [3.63, 3.8) is 0 Å². The molecular formula is C14H12Br2N2O2. The first-order chi connectivity index (χ1) is 9.47. The van der Waals surface area contributed by atoms with Crippen LogP contribution >= 0.6 is 31.9 Å². The molecule has 1 unspecified atom stereocenters. The van der Waals surface area contributed by atoms with Crippen molar-refractivity contribution >= 4 is 43.2 Å². The maximum Gasteiger partial charge on any atom is 0.269 e. The van der Waals surface area contributed by atoms with Crippen LogP contribution in [-0.4, -0.2) is 4.92 Å². The van der Waals surface area contributed by atoms with E-state index in [0.29, 0.717) is 0 Å². The van der Waals surface area contributed by atoms with E-state index < -0.39 is 4.92 Å². The molecule has 1 atom stereocenters. The van der Waals surface area contributed by atoms with Crippen molar-refractivity contribution in [2.45, 2.75) is 13.0 Å². The van der Waals surface area contributed by atoms with Gasteiger partial charge in [-0.15, -0.1) is 0 Å². The highest BCUT2D eigenvalue weighted by Crippen LogP contribution is 2.29. The van der Waals surface area contributed by atoms with Crippen molar-refractivity contribution < 1.29 is 4.92 Å². The van der Waals surface area contributed by atoms with Crippen LogP contribution in [0.3, 0.4) is 0 Å². The first kappa shape index (κ1) is 15.0. The summed E-state index contributed by atoms with van der Waals surface area (Å²) in [4.78, 5) is 10.2. The number of nitrogens with zero attached hydrogens (tertiary/aromatic N) is 1. The standard InChI is InChI=1S/C14H12Br2N2O2/c1-9(10-2-5-12(6-3-10)18(19)20)17-14-8-11(15)4-7-13(14)16/h2-9,17H,1H3. The zero-order valence-electron chi connectivity index (χ0n) is 10.6. The van der Waals surface area contributed by atoms with Crippen LogP contribution in [-0.2, 0) is 0 Å². The summed E-state index contributed by atoms with van der Waals surface area (Å²) in [5.74, 6) is 0. The van der Waals surface area contributed by atoms with E-state index in [-0.39, 0.29) is 11.7 Å². The van der Waals surface area contributed by atoms with E-state index in [1.165, 1.54) is 12.1 Å². The molecule has 6 heteroatoms. The second kappa shape index (κ2) is 6.37. The Morgan fingerprint density at radius 2 is 1.80 bits per heavy atom. The number of hydrogen-bond acceptors (Lipinski definition) is 3. The van der Waals surface area contributed by atoms with Gasteiger partial charge in [0.15, 0.2) is 0 Å². The monoisotopic (exact) mass is 398 g/mol. The topological polar surface area (TPSA) is 55.2 Å². The number of halogens is 2. The van der Waals surface area contributed by atoms with E-state index in [1.54, 1.807) is 12.1 Å². The average molecular weight is 400 g/mol. The van der Waals surface area contributed by atoms with E-state index in [1.807, 2.05) is 25.1 Å². The lowest BCUT2D eigenvalue weighted by atomic mass is 10.1. The molecular weight excluding hydrogens is 388 g/mol. The molecule has 0 spiro atoms. The molecule has 1 N–H and O–H groups in total. The van der Waals surface area contributed by atoms with Crippen molar-refractivity contribution in [2.24, 2.45) is 0 Å². The van der Waals surface area contributed by atoms with Crippen molar-refractivity contribution in [2.75, 3.05) is 5.32 Å². The fraction of sp³-hybridized carbons (Fsp3) is 0.143. The van der Waals surface area contributed by atoms with Crippen molar-refractivity contribution in [1.82, 2.24) is 0 Å². The van der Waals surface area contributed by atoms with Gasteiger partial charge in [-0.2, -0.15) is 0 Å². The van der Waals surface area contributed by atoms with Crippen LogP contribution in [0.25, 0.3) is 0 Å². The zero-order valence-corrected chi connectivity index (χ0v) is 13.8. The number of hydrogen-bond donors (Lipinski definition) is 1. The summed E-state index contributed by atoms with van der Waals surface area (Å²) in [6.07, 6.45) is 0. The Labute approximate surface area is 133 Å². The molecule has 0 aliphatic heterocycles. The van der Waals surface area contributed by atoms with Gasteiger partial charge in [-0.25, -0.2) is 0 Å². The maximum absolute atomic E-state index is 10.6. The second-order valence-electron chi connectivity index (χ2n) is 4.34. The summed E-state index contributed by atoms with van der Waals surface area (Å²) in [5.41, 5.74) is 2.05. The first-order valence-electron chi connectivity index (χ1n) is 5.93. The van der Waals surface area contributed by atoms with Gasteiger partial charge in [0, 0.05) is 27.1 Å². The molecule has 2 rings (SSSR count). The number of anilines is 1. The molecule has 0 aliphatic rings. The SMILES string of the molecule is CC(Nc1cc(Br)ccc1Br)c1ccc([N+](=O)[O-])cc1. The van der Waals surface area contributed by atoms with E-state index in [4.69, 9.17) is 0 Å². The van der Waals surface area contributed by atoms with Gasteiger partial charge >= 0.3 is 0 Å². The quantitative estimate of drug-likeness (QED) is 0.561. The Bertz CT molecular complexity index is 630. The number of non-ortho nitro benzene ring substituents is 1. The maximum atomic E-state index is 10.6. The van der Waals surface area contributed by atoms with E-state index >= 15 is 0 Å². The smallest absolute Gasteiger partial charge is 0.269 e. The third kappa shape index (κ3) is 3.58. The fourth-order valence-electron chi connectivity index (χ4n) is 1.81. The van der Waals surface area contributed by atoms with Gasteiger partial charge in [0.25, 0.3) is 5.69 Å². The fourth-order valence-corrected chi connectivity index (χ4v) is 2.53. The normalized spacial score (nSPS) is 11.9. The van der Waals surface area contributed by atoms with Crippen molar-refractivity contribution in [3.05, 3.63) is 67.1 Å². The van der Waals surface area contributed by atoms with Gasteiger partial charge < -0.3 is 5.32 Å². The Morgan fingerprint density at radius 1 is 1.15 bits per heavy atom. The molecule has 0 radical (unpaired) electrons. The largest absolute Gasteiger partial charge is 0.378 e. The highest BCUT2D eigenvalue weighted by atomic mass is 79.9. The predicted octanol–water partition coefficient (Wildman–Crippen LogP) is 5.29. The number of rotatable bonds is 4. The first-order valence-corrected chi connectivity index (χ1v) is 7.52. The molecule has 0 bridgehead atoms. The van der Waals surface area contributed by atoms with Gasteiger partial charge in [0.2, 0.25) is 0 Å². The minimum Gasteiger partial charge on any atom is -0.378 e. The van der Waals surface area contributed by atoms with E-state index in [2.05, 4.69) is 37.2 Å². The lowest BCUT2D eigenvalue weighted by Gasteiger charge is -2.17. The van der Waals surface area contributed by atoms with Gasteiger partial charge in [0.1, 0.15) is 0 Å². The molecule has 2 aromatic rings. The summed E-state index contributed by atoms with van der Waals surface area (Å²) in [6, 6.07) is 12.5. The van der Waals surface area contributed by atoms with Crippen LogP contribution in [0.15, 0.2) is 51.4 Å². The Morgan fingerprint density at radius 3 is 2.40 bits per heavy atom. The van der Waals surface area contributed by atoms with E-state index in [9.17, 15) is 10.1 Å². The van der Waals surface area contributed by atoms with Gasteiger partial charge in [-0.1, -0.05) is 28.1 Å². The molecule has 0 fully saturated rings. The summed E-state index contributed by atoms with van der Waals surface area (Å²) in [7, 11) is 0. The predicted molar refractivity (Wildman–Crippen MR) is 87.0 cm³/mol. The van der Waals surface area contributed by atoms with Crippen LogP contribution in [0.4, 0.5) is 11.4 Å². The molecule has 0 aromatic heterocycles. The summed E-state index contributed by atoms with van der Waals surface area (Å²) in [6.45, 7) is 2.01. The molecule has 0 aliphatic carbocycles. The van der Waals surface area contributed by atoms with Gasteiger partial charge in [-0.3, -0.25) is 10.1 Å². The Hall–Kier alpha value is -1.40. The minimum absolute atomic E-state index is 0.0430. The van der Waals surface area contributed by atoms with Crippen LogP contribution in [0.5, 0.6) is 0 Å². The highest BCUT2D eigenvalue weighted by Gasteiger charge is 2.10. The zero-order chi connectivity index (χ0) is 14.7. The third-order valence-corrected chi connectivity index (χ3v) is 4.09. The molecule has 104 valence electrons. The molecule has 20 heavy (non-hydrogen) atoms. The number of benzene rings is 2. The van der Waals surface area contributed by atoms with Crippen molar-refractivity contribution in [3.8, 4) is 0 Å². The second-order valence-corrected chi connectivity index (χ2v) is 6.11. The van der Waals surface area contributed by atoms with Crippen LogP contribution < -0.4 is 5.32 Å². The van der Waals surface area contributed by atoms with Crippen molar-refractivity contribution in [1.29, 1.82) is 0 Å². The Kier molecular flexibility index (Phi) is 4.77. The van der Waals surface area contributed by atoms with E-state index in [0.717, 1.165) is 20.2 Å². The number of nitro groups is 1. The summed E-state index contributed by atoms with van der Waals surface area (Å²) < 4.78 is 1.95. The lowest BCUT2D eigenvalue weighted by molar-refractivity contribution is -0.384. The van der Waals surface area contributed by atoms with Crippen LogP contribution in [0.1, 0.15) is 18.5 Å². The van der Waals surface area contributed by atoms with Gasteiger partial charge in [-0.05, 0) is 46.6 Å². The molecule has 0 amide bonds. The lowest BCUT2D eigenvalue weighted by Crippen LogP contribution is -2.07. The summed E-state index contributed by atoms with van der Waals surface area (Å²) in [5, 5.41) is 14.0. The summed E-state index contributed by atoms with van der Waals surface area (Å²) >= 11 is 6.92. The molecule has 0 heterocycles. The number of nitro benzene ring substituents is 1. The van der Waals surface area contributed by atoms with Crippen LogP contribution in [0.2, 0.25) is 0 Å². The molecule has 2 aromatic carbocycles. The van der Waals surface area contributed by atoms with Crippen LogP contribution in [0, 0.1) is 10.1 Å². The molecule has 0 saturated carbocycles. The highest BCUT2D eigenvalue weighted by molar-refractivity contribution is 9.11. The average Bonchev–Trinajstić information content (AvgIpc) is 2.43. The number of nitrogens with one attached hydrogen (secondary N) is 1. The molecule has 4 nitrogen and oxygen atoms in total. The molecule has 0 saturated heterocycles. The van der Waals surface area contributed by atoms with Gasteiger partial charge in [0.05, 0.1) is 10.6 Å².